The van der Waals surface area contributed by atoms with E-state index in [9.17, 15) is 31.1 Å². The summed E-state index contributed by atoms with van der Waals surface area (Å²) in [5, 5.41) is 19.8. The van der Waals surface area contributed by atoms with Crippen molar-refractivity contribution >= 4 is 24.2 Å². The van der Waals surface area contributed by atoms with E-state index < -0.39 is 54.6 Å². The Labute approximate surface area is 126 Å². The molecule has 1 aromatic carbocycles. The van der Waals surface area contributed by atoms with Gasteiger partial charge in [-0.1, -0.05) is 12.1 Å². The first-order valence-electron chi connectivity index (χ1n) is 6.00. The predicted molar refractivity (Wildman–Crippen MR) is 68.8 cm³/mol. The first kappa shape index (κ1) is 19.3. The summed E-state index contributed by atoms with van der Waals surface area (Å²) in [7, 11) is -2.67. The third-order valence-corrected chi connectivity index (χ3v) is 2.84. The molecule has 0 radical (unpaired) electrons. The van der Waals surface area contributed by atoms with Crippen LogP contribution in [0, 0.1) is 0 Å². The fraction of sp³-hybridized carbons (Fsp3) is 0.364. The van der Waals surface area contributed by atoms with E-state index in [0.717, 1.165) is 6.07 Å². The zero-order chi connectivity index (χ0) is 18.0. The molecule has 0 saturated carbocycles. The van der Waals surface area contributed by atoms with Crippen molar-refractivity contribution in [3.63, 3.8) is 0 Å². The normalized spacial score (nSPS) is 12.4. The summed E-state index contributed by atoms with van der Waals surface area (Å²) in [6, 6.07) is 2.26. The van der Waals surface area contributed by atoms with Gasteiger partial charge in [0.1, 0.15) is 0 Å². The molecule has 0 atom stereocenters. The first-order valence-corrected chi connectivity index (χ1v) is 6.00. The van der Waals surface area contributed by atoms with Crippen LogP contribution >= 0.6 is 0 Å². The van der Waals surface area contributed by atoms with Crippen LogP contribution in [-0.2, 0) is 10.7 Å². The maximum atomic E-state index is 14.0. The average Bonchev–Trinajstić information content (AvgIpc) is 2.46. The van der Waals surface area contributed by atoms with Gasteiger partial charge >= 0.3 is 25.4 Å². The maximum absolute atomic E-state index is 14.0. The smallest absolute Gasteiger partial charge is 0.423 e. The molecule has 0 spiro atoms. The lowest BCUT2D eigenvalue weighted by Crippen LogP contribution is -2.49. The van der Waals surface area contributed by atoms with E-state index in [1.54, 1.807) is 5.32 Å². The van der Waals surface area contributed by atoms with Gasteiger partial charge in [-0.25, -0.2) is 8.78 Å². The second kappa shape index (κ2) is 6.77. The van der Waals surface area contributed by atoms with E-state index in [-0.39, 0.29) is 0 Å². The van der Waals surface area contributed by atoms with Crippen molar-refractivity contribution in [2.45, 2.75) is 18.3 Å². The highest BCUT2D eigenvalue weighted by Gasteiger charge is 2.65. The summed E-state index contributed by atoms with van der Waals surface area (Å²) in [5.41, 5.74) is 0.962. The van der Waals surface area contributed by atoms with E-state index >= 15 is 0 Å². The molecule has 0 aliphatic carbocycles. The maximum Gasteiger partial charge on any atom is 0.489 e. The number of nitrogens with two attached hydrogens (primary N) is 1. The number of carbonyl (C=O) groups excluding carboxylic acids is 1. The molecule has 0 aliphatic rings. The summed E-state index contributed by atoms with van der Waals surface area (Å²) >= 11 is 0. The Morgan fingerprint density at radius 2 is 1.83 bits per heavy atom. The van der Waals surface area contributed by atoms with Gasteiger partial charge in [-0.3, -0.25) is 4.79 Å². The summed E-state index contributed by atoms with van der Waals surface area (Å²) < 4.78 is 79.1. The Hall–Kier alpha value is -1.79. The Morgan fingerprint density at radius 3 is 2.26 bits per heavy atom. The van der Waals surface area contributed by atoms with E-state index in [2.05, 4.69) is 0 Å². The lowest BCUT2D eigenvalue weighted by Gasteiger charge is -2.29. The summed E-state index contributed by atoms with van der Waals surface area (Å²) in [5.74, 6) is -12.4. The standard InChI is InChI=1S/C11H11BF6N2O3/c13-9(14)11(17,18)10(15,16)8-5(12(22)23)2-1-3-6(8)20-7(21)4-19/h1-3,9,22-23H,4,19H2,(H,20,21). The van der Waals surface area contributed by atoms with Crippen LogP contribution in [0.1, 0.15) is 5.56 Å². The number of hydrogen-bond acceptors (Lipinski definition) is 4. The van der Waals surface area contributed by atoms with Gasteiger partial charge in [0, 0.05) is 5.69 Å². The fourth-order valence-electron chi connectivity index (χ4n) is 1.74. The number of amides is 1. The van der Waals surface area contributed by atoms with Gasteiger partial charge in [0.05, 0.1) is 12.1 Å². The largest absolute Gasteiger partial charge is 0.489 e. The molecule has 0 aliphatic heterocycles. The molecular weight excluding hydrogens is 333 g/mol. The van der Waals surface area contributed by atoms with E-state index in [1.807, 2.05) is 0 Å². The van der Waals surface area contributed by atoms with Crippen LogP contribution in [0.15, 0.2) is 18.2 Å². The molecule has 0 unspecified atom stereocenters. The van der Waals surface area contributed by atoms with E-state index in [4.69, 9.17) is 15.8 Å². The van der Waals surface area contributed by atoms with Gasteiger partial charge in [-0.05, 0) is 11.5 Å². The van der Waals surface area contributed by atoms with Crippen LogP contribution in [0.25, 0.3) is 0 Å². The second-order valence-corrected chi connectivity index (χ2v) is 4.39. The molecule has 5 nitrogen and oxygen atoms in total. The molecule has 5 N–H and O–H groups in total. The first-order chi connectivity index (χ1) is 10.5. The Morgan fingerprint density at radius 1 is 1.26 bits per heavy atom. The van der Waals surface area contributed by atoms with Gasteiger partial charge in [0.15, 0.2) is 0 Å². The summed E-state index contributed by atoms with van der Waals surface area (Å²) in [6.45, 7) is -0.706. The number of benzene rings is 1. The van der Waals surface area contributed by atoms with Crippen molar-refractivity contribution in [3.8, 4) is 0 Å². The molecule has 0 saturated heterocycles. The SMILES string of the molecule is NCC(=O)Nc1cccc(B(O)O)c1C(F)(F)C(F)(F)C(F)F. The molecule has 0 heterocycles. The van der Waals surface area contributed by atoms with Crippen molar-refractivity contribution in [1.82, 2.24) is 0 Å². The Bertz CT molecular complexity index is 585. The van der Waals surface area contributed by atoms with Crippen molar-refractivity contribution in [2.24, 2.45) is 5.73 Å². The number of hydrogen-bond donors (Lipinski definition) is 4. The second-order valence-electron chi connectivity index (χ2n) is 4.39. The number of alkyl halides is 6. The quantitative estimate of drug-likeness (QED) is 0.440. The van der Waals surface area contributed by atoms with E-state index in [1.165, 1.54) is 0 Å². The minimum atomic E-state index is -5.82. The summed E-state index contributed by atoms with van der Waals surface area (Å²) in [6.07, 6.45) is -4.74. The van der Waals surface area contributed by atoms with Crippen molar-refractivity contribution in [3.05, 3.63) is 23.8 Å². The highest BCUT2D eigenvalue weighted by atomic mass is 19.3. The monoisotopic (exact) mass is 344 g/mol. The predicted octanol–water partition coefficient (Wildman–Crippen LogP) is 0.256. The zero-order valence-corrected chi connectivity index (χ0v) is 11.2. The number of carbonyl (C=O) groups is 1. The number of rotatable bonds is 6. The topological polar surface area (TPSA) is 95.6 Å². The van der Waals surface area contributed by atoms with Gasteiger partial charge in [-0.2, -0.15) is 17.6 Å². The highest BCUT2D eigenvalue weighted by Crippen LogP contribution is 2.48. The van der Waals surface area contributed by atoms with Crippen LogP contribution in [0.3, 0.4) is 0 Å². The molecule has 128 valence electrons. The van der Waals surface area contributed by atoms with Crippen LogP contribution in [0.5, 0.6) is 0 Å². The Balaban J connectivity index is 3.61. The lowest BCUT2D eigenvalue weighted by molar-refractivity contribution is -0.269. The van der Waals surface area contributed by atoms with Crippen LogP contribution in [-0.4, -0.2) is 42.0 Å². The molecule has 23 heavy (non-hydrogen) atoms. The molecule has 1 amide bonds. The molecule has 0 bridgehead atoms. The molecule has 12 heteroatoms. The van der Waals surface area contributed by atoms with Crippen LogP contribution in [0.2, 0.25) is 0 Å². The van der Waals surface area contributed by atoms with Crippen molar-refractivity contribution < 1.29 is 41.2 Å². The molecule has 0 aromatic heterocycles. The van der Waals surface area contributed by atoms with Crippen molar-refractivity contribution in [2.75, 3.05) is 11.9 Å². The number of nitrogens with one attached hydrogen (secondary N) is 1. The zero-order valence-electron chi connectivity index (χ0n) is 11.2. The van der Waals surface area contributed by atoms with Gasteiger partial charge < -0.3 is 21.1 Å². The molecule has 1 aromatic rings. The minimum absolute atomic E-state index is 0.619. The van der Waals surface area contributed by atoms with Gasteiger partial charge in [0.25, 0.3) is 0 Å². The molecule has 1 rings (SSSR count). The fourth-order valence-corrected chi connectivity index (χ4v) is 1.74. The Kier molecular flexibility index (Phi) is 5.67. The van der Waals surface area contributed by atoms with E-state index in [0.29, 0.717) is 12.1 Å². The average molecular weight is 344 g/mol. The van der Waals surface area contributed by atoms with Crippen LogP contribution < -0.4 is 16.5 Å². The van der Waals surface area contributed by atoms with Gasteiger partial charge in [0.2, 0.25) is 5.91 Å². The third kappa shape index (κ3) is 3.59. The van der Waals surface area contributed by atoms with Gasteiger partial charge in [-0.15, -0.1) is 0 Å². The highest BCUT2D eigenvalue weighted by molar-refractivity contribution is 6.59. The number of anilines is 1. The van der Waals surface area contributed by atoms with Crippen LogP contribution in [0.4, 0.5) is 32.0 Å². The summed E-state index contributed by atoms with van der Waals surface area (Å²) in [4.78, 5) is 11.2. The minimum Gasteiger partial charge on any atom is -0.423 e. The molecular formula is C11H11BF6N2O3. The third-order valence-electron chi connectivity index (χ3n) is 2.84. The van der Waals surface area contributed by atoms with Crippen molar-refractivity contribution in [1.29, 1.82) is 0 Å². The lowest BCUT2D eigenvalue weighted by atomic mass is 9.74. The number of halogens is 6. The molecule has 0 fully saturated rings.